The van der Waals surface area contributed by atoms with E-state index in [0.29, 0.717) is 11.7 Å². The average Bonchev–Trinajstić information content (AvgIpc) is 2.46. The number of halogens is 1. The van der Waals surface area contributed by atoms with E-state index < -0.39 is 0 Å². The molecular weight excluding hydrogens is 273 g/mol. The standard InChI is InChI=1S/C15H20FN3S/c1-11-2-8-14(9-3-11)18-19-15(20)17-10-12-4-6-13(16)7-5-12/h4-7,11H,2-3,8-10H2,1H3,(H2,17,19,20). The largest absolute Gasteiger partial charge is 0.357 e. The van der Waals surface area contributed by atoms with Crippen LogP contribution in [0.4, 0.5) is 4.39 Å². The summed E-state index contributed by atoms with van der Waals surface area (Å²) < 4.78 is 12.8. The van der Waals surface area contributed by atoms with Crippen molar-refractivity contribution in [2.24, 2.45) is 11.0 Å². The van der Waals surface area contributed by atoms with Crippen molar-refractivity contribution < 1.29 is 4.39 Å². The lowest BCUT2D eigenvalue weighted by Crippen LogP contribution is -2.32. The van der Waals surface area contributed by atoms with Gasteiger partial charge in [0.1, 0.15) is 5.82 Å². The first kappa shape index (κ1) is 14.9. The maximum Gasteiger partial charge on any atom is 0.187 e. The molecule has 0 aromatic heterocycles. The molecule has 0 unspecified atom stereocenters. The van der Waals surface area contributed by atoms with Crippen molar-refractivity contribution in [2.75, 3.05) is 0 Å². The number of hydrogen-bond donors (Lipinski definition) is 2. The van der Waals surface area contributed by atoms with Gasteiger partial charge in [0.2, 0.25) is 0 Å². The van der Waals surface area contributed by atoms with Gasteiger partial charge in [-0.3, -0.25) is 5.43 Å². The third-order valence-electron chi connectivity index (χ3n) is 3.53. The Morgan fingerprint density at radius 3 is 2.60 bits per heavy atom. The van der Waals surface area contributed by atoms with E-state index in [9.17, 15) is 4.39 Å². The fourth-order valence-electron chi connectivity index (χ4n) is 2.16. The van der Waals surface area contributed by atoms with Crippen LogP contribution >= 0.6 is 12.2 Å². The van der Waals surface area contributed by atoms with Crippen molar-refractivity contribution in [1.82, 2.24) is 10.7 Å². The monoisotopic (exact) mass is 293 g/mol. The number of thiocarbonyl (C=S) groups is 1. The van der Waals surface area contributed by atoms with E-state index in [-0.39, 0.29) is 5.82 Å². The predicted molar refractivity (Wildman–Crippen MR) is 84.0 cm³/mol. The normalized spacial score (nSPS) is 18.5. The van der Waals surface area contributed by atoms with Gasteiger partial charge >= 0.3 is 0 Å². The smallest absolute Gasteiger partial charge is 0.187 e. The third-order valence-corrected chi connectivity index (χ3v) is 3.77. The molecule has 1 fully saturated rings. The van der Waals surface area contributed by atoms with Crippen LogP contribution in [0.3, 0.4) is 0 Å². The molecule has 1 saturated carbocycles. The fourth-order valence-corrected chi connectivity index (χ4v) is 2.28. The van der Waals surface area contributed by atoms with Crippen LogP contribution in [0.25, 0.3) is 0 Å². The van der Waals surface area contributed by atoms with Gasteiger partial charge < -0.3 is 5.32 Å². The molecule has 0 atom stereocenters. The molecule has 3 nitrogen and oxygen atoms in total. The molecule has 2 rings (SSSR count). The molecule has 108 valence electrons. The van der Waals surface area contributed by atoms with Crippen molar-refractivity contribution in [3.8, 4) is 0 Å². The second-order valence-corrected chi connectivity index (χ2v) is 5.69. The van der Waals surface area contributed by atoms with Crippen molar-refractivity contribution in [3.05, 3.63) is 35.6 Å². The first-order valence-electron chi connectivity index (χ1n) is 6.97. The third kappa shape index (κ3) is 4.89. The number of nitrogens with one attached hydrogen (secondary N) is 2. The van der Waals surface area contributed by atoms with Crippen LogP contribution in [0.5, 0.6) is 0 Å². The zero-order valence-corrected chi connectivity index (χ0v) is 12.5. The Hall–Kier alpha value is -1.49. The molecular formula is C15H20FN3S. The minimum absolute atomic E-state index is 0.229. The van der Waals surface area contributed by atoms with Crippen molar-refractivity contribution in [3.63, 3.8) is 0 Å². The van der Waals surface area contributed by atoms with Crippen molar-refractivity contribution in [1.29, 1.82) is 0 Å². The predicted octanol–water partition coefficient (Wildman–Crippen LogP) is 3.36. The number of hydrazone groups is 1. The quantitative estimate of drug-likeness (QED) is 0.663. The van der Waals surface area contributed by atoms with Gasteiger partial charge in [-0.2, -0.15) is 5.10 Å². The lowest BCUT2D eigenvalue weighted by molar-refractivity contribution is 0.482. The number of nitrogens with zero attached hydrogens (tertiary/aromatic N) is 1. The molecule has 0 heterocycles. The minimum Gasteiger partial charge on any atom is -0.357 e. The zero-order chi connectivity index (χ0) is 14.4. The summed E-state index contributed by atoms with van der Waals surface area (Å²) in [6.07, 6.45) is 4.51. The number of rotatable bonds is 3. The van der Waals surface area contributed by atoms with E-state index >= 15 is 0 Å². The fraction of sp³-hybridized carbons (Fsp3) is 0.467. The van der Waals surface area contributed by atoms with Crippen LogP contribution in [-0.4, -0.2) is 10.8 Å². The summed E-state index contributed by atoms with van der Waals surface area (Å²) >= 11 is 5.17. The molecule has 0 radical (unpaired) electrons. The number of hydrogen-bond acceptors (Lipinski definition) is 2. The summed E-state index contributed by atoms with van der Waals surface area (Å²) in [5.41, 5.74) is 5.05. The van der Waals surface area contributed by atoms with E-state index in [1.807, 2.05) is 0 Å². The average molecular weight is 293 g/mol. The Morgan fingerprint density at radius 1 is 1.30 bits per heavy atom. The molecule has 2 N–H and O–H groups in total. The summed E-state index contributed by atoms with van der Waals surface area (Å²) in [6, 6.07) is 6.35. The highest BCUT2D eigenvalue weighted by atomic mass is 32.1. The second kappa shape index (κ2) is 7.33. The zero-order valence-electron chi connectivity index (χ0n) is 11.7. The lowest BCUT2D eigenvalue weighted by atomic mass is 9.90. The van der Waals surface area contributed by atoms with Gasteiger partial charge in [-0.15, -0.1) is 0 Å². The highest BCUT2D eigenvalue weighted by molar-refractivity contribution is 7.80. The Balaban J connectivity index is 1.73. The molecule has 1 aliphatic carbocycles. The van der Waals surface area contributed by atoms with Crippen LogP contribution in [0.1, 0.15) is 38.2 Å². The maximum atomic E-state index is 12.8. The molecule has 1 aromatic rings. The molecule has 20 heavy (non-hydrogen) atoms. The van der Waals surface area contributed by atoms with Crippen LogP contribution in [0.2, 0.25) is 0 Å². The van der Waals surface area contributed by atoms with Gasteiger partial charge in [-0.25, -0.2) is 4.39 Å². The van der Waals surface area contributed by atoms with Gasteiger partial charge in [-0.05, 0) is 61.5 Å². The van der Waals surface area contributed by atoms with E-state index in [1.165, 1.54) is 30.7 Å². The topological polar surface area (TPSA) is 36.4 Å². The van der Waals surface area contributed by atoms with E-state index in [0.717, 1.165) is 24.3 Å². The molecule has 5 heteroatoms. The molecule has 0 amide bonds. The first-order valence-corrected chi connectivity index (χ1v) is 7.38. The number of benzene rings is 1. The molecule has 0 spiro atoms. The molecule has 0 bridgehead atoms. The summed E-state index contributed by atoms with van der Waals surface area (Å²) in [5, 5.41) is 7.90. The van der Waals surface area contributed by atoms with Crippen LogP contribution in [0.15, 0.2) is 29.4 Å². The molecule has 1 aliphatic rings. The molecule has 1 aromatic carbocycles. The highest BCUT2D eigenvalue weighted by Gasteiger charge is 2.13. The summed E-state index contributed by atoms with van der Waals surface area (Å²) in [4.78, 5) is 0. The van der Waals surface area contributed by atoms with Gasteiger partial charge in [0, 0.05) is 12.3 Å². The van der Waals surface area contributed by atoms with E-state index in [2.05, 4.69) is 22.8 Å². The molecule has 0 saturated heterocycles. The summed E-state index contributed by atoms with van der Waals surface area (Å²) in [5.74, 6) is 0.574. The first-order chi connectivity index (χ1) is 9.63. The summed E-state index contributed by atoms with van der Waals surface area (Å²) in [7, 11) is 0. The highest BCUT2D eigenvalue weighted by Crippen LogP contribution is 2.20. The lowest BCUT2D eigenvalue weighted by Gasteiger charge is -2.19. The second-order valence-electron chi connectivity index (χ2n) is 5.28. The Bertz CT molecular complexity index is 474. The van der Waals surface area contributed by atoms with Crippen LogP contribution in [-0.2, 0) is 6.54 Å². The summed E-state index contributed by atoms with van der Waals surface area (Å²) in [6.45, 7) is 2.84. The Morgan fingerprint density at radius 2 is 1.95 bits per heavy atom. The molecule has 0 aliphatic heterocycles. The van der Waals surface area contributed by atoms with Gasteiger partial charge in [0.25, 0.3) is 0 Å². The van der Waals surface area contributed by atoms with Crippen LogP contribution in [0, 0.1) is 11.7 Å². The SMILES string of the molecule is CC1CCC(=NNC(=S)NCc2ccc(F)cc2)CC1. The van der Waals surface area contributed by atoms with Gasteiger partial charge in [-0.1, -0.05) is 19.1 Å². The Kier molecular flexibility index (Phi) is 5.47. The van der Waals surface area contributed by atoms with Gasteiger partial charge in [0.05, 0.1) is 0 Å². The van der Waals surface area contributed by atoms with E-state index in [1.54, 1.807) is 12.1 Å². The van der Waals surface area contributed by atoms with Crippen LogP contribution < -0.4 is 10.7 Å². The minimum atomic E-state index is -0.229. The van der Waals surface area contributed by atoms with Crippen molar-refractivity contribution in [2.45, 2.75) is 39.2 Å². The van der Waals surface area contributed by atoms with Crippen molar-refractivity contribution >= 4 is 23.0 Å². The van der Waals surface area contributed by atoms with Gasteiger partial charge in [0.15, 0.2) is 5.11 Å². The van der Waals surface area contributed by atoms with E-state index in [4.69, 9.17) is 12.2 Å². The Labute approximate surface area is 124 Å². The maximum absolute atomic E-state index is 12.8.